The van der Waals surface area contributed by atoms with Gasteiger partial charge in [0, 0.05) is 37.0 Å². The van der Waals surface area contributed by atoms with Crippen LogP contribution < -0.4 is 16.0 Å². The molecule has 1 aliphatic rings. The maximum Gasteiger partial charge on any atom is 0.227 e. The third-order valence-electron chi connectivity index (χ3n) is 4.46. The second-order valence-electron chi connectivity index (χ2n) is 6.44. The molecule has 2 atom stereocenters. The average Bonchev–Trinajstić information content (AvgIpc) is 3.15. The topological polar surface area (TPSA) is 65.5 Å². The average molecular weight is 363 g/mol. The number of amides is 1. The monoisotopic (exact) mass is 362 g/mol. The molecule has 0 radical (unpaired) electrons. The van der Waals surface area contributed by atoms with Gasteiger partial charge in [0.2, 0.25) is 5.91 Å². The molecule has 1 amide bonds. The minimum atomic E-state index is 0.0262. The number of carbonyl (C=O) groups is 1. The number of rotatable bonds is 7. The van der Waals surface area contributed by atoms with Crippen molar-refractivity contribution in [3.63, 3.8) is 0 Å². The number of carbonyl (C=O) groups excluding carboxylic acids is 1. The normalized spacial score (nSPS) is 18.7. The zero-order chi connectivity index (χ0) is 18.1. The molecular weight excluding hydrogens is 332 g/mol. The summed E-state index contributed by atoms with van der Waals surface area (Å²) in [5.74, 6) is 2.19. The molecule has 25 heavy (non-hydrogen) atoms. The number of thioether (sulfide) groups is 1. The summed E-state index contributed by atoms with van der Waals surface area (Å²) in [5.41, 5.74) is 1.95. The Morgan fingerprint density at radius 2 is 2.24 bits per heavy atom. The minimum Gasteiger partial charge on any atom is -0.355 e. The lowest BCUT2D eigenvalue weighted by Crippen LogP contribution is -2.39. The Morgan fingerprint density at radius 3 is 2.92 bits per heavy atom. The third kappa shape index (κ3) is 6.61. The van der Waals surface area contributed by atoms with Crippen LogP contribution in [-0.4, -0.2) is 36.5 Å². The van der Waals surface area contributed by atoms with Gasteiger partial charge in [0.1, 0.15) is 0 Å². The molecule has 0 bridgehead atoms. The summed E-state index contributed by atoms with van der Waals surface area (Å²) in [6, 6.07) is 7.95. The summed E-state index contributed by atoms with van der Waals surface area (Å²) in [6.45, 7) is 5.59. The van der Waals surface area contributed by atoms with E-state index in [0.717, 1.165) is 30.2 Å². The molecule has 5 nitrogen and oxygen atoms in total. The lowest BCUT2D eigenvalue weighted by Gasteiger charge is -2.15. The maximum atomic E-state index is 12.0. The highest BCUT2D eigenvalue weighted by atomic mass is 32.2. The van der Waals surface area contributed by atoms with Crippen LogP contribution in [0.3, 0.4) is 0 Å². The van der Waals surface area contributed by atoms with E-state index in [1.807, 2.05) is 49.9 Å². The van der Waals surface area contributed by atoms with Crippen LogP contribution in [0.4, 0.5) is 5.69 Å². The van der Waals surface area contributed by atoms with E-state index in [1.54, 1.807) is 7.05 Å². The van der Waals surface area contributed by atoms with Crippen molar-refractivity contribution in [1.82, 2.24) is 10.6 Å². The summed E-state index contributed by atoms with van der Waals surface area (Å²) < 4.78 is 0. The van der Waals surface area contributed by atoms with Crippen molar-refractivity contribution < 1.29 is 4.79 Å². The highest BCUT2D eigenvalue weighted by Gasteiger charge is 2.15. The molecule has 1 heterocycles. The Labute approximate surface area is 155 Å². The Morgan fingerprint density at radius 1 is 1.40 bits per heavy atom. The number of hydrogen-bond acceptors (Lipinski definition) is 3. The Balaban J connectivity index is 1.82. The van der Waals surface area contributed by atoms with Crippen LogP contribution in [0.1, 0.15) is 38.7 Å². The quantitative estimate of drug-likeness (QED) is 0.515. The number of benzene rings is 1. The van der Waals surface area contributed by atoms with Crippen LogP contribution in [0.25, 0.3) is 0 Å². The molecule has 6 heteroatoms. The molecule has 0 aromatic heterocycles. The van der Waals surface area contributed by atoms with E-state index in [9.17, 15) is 4.79 Å². The molecule has 2 rings (SSSR count). The fourth-order valence-corrected chi connectivity index (χ4v) is 3.83. The summed E-state index contributed by atoms with van der Waals surface area (Å²) in [7, 11) is 1.79. The van der Waals surface area contributed by atoms with Crippen molar-refractivity contribution in [2.75, 3.05) is 24.7 Å². The molecule has 1 saturated heterocycles. The predicted octanol–water partition coefficient (Wildman–Crippen LogP) is 3.23. The second-order valence-corrected chi connectivity index (χ2v) is 7.85. The number of guanidine groups is 1. The first-order valence-corrected chi connectivity index (χ1v) is 10.1. The molecule has 1 aromatic rings. The summed E-state index contributed by atoms with van der Waals surface area (Å²) in [5, 5.41) is 10.4. The van der Waals surface area contributed by atoms with Crippen molar-refractivity contribution in [3.8, 4) is 0 Å². The fraction of sp³-hybridized carbons (Fsp3) is 0.579. The first-order valence-electron chi connectivity index (χ1n) is 9.08. The minimum absolute atomic E-state index is 0.0262. The van der Waals surface area contributed by atoms with Gasteiger partial charge in [0.05, 0.1) is 0 Å². The Kier molecular flexibility index (Phi) is 8.12. The number of aliphatic imine (C=N–C) groups is 1. The van der Waals surface area contributed by atoms with Gasteiger partial charge in [-0.2, -0.15) is 11.8 Å². The molecule has 3 N–H and O–H groups in total. The smallest absolute Gasteiger partial charge is 0.227 e. The first kappa shape index (κ1) is 19.6. The standard InChI is InChI=1S/C19H30N4OS/c1-4-14(2)18(24)23-16-8-5-7-15(11-16)12-21-19(20-3)22-13-17-9-6-10-25-17/h5,7-8,11,14,17H,4,6,9-10,12-13H2,1-3H3,(H,23,24)(H2,20,21,22). The van der Waals surface area contributed by atoms with E-state index in [2.05, 4.69) is 20.9 Å². The Hall–Kier alpha value is -1.69. The number of nitrogens with one attached hydrogen (secondary N) is 3. The lowest BCUT2D eigenvalue weighted by molar-refractivity contribution is -0.119. The molecule has 138 valence electrons. The van der Waals surface area contributed by atoms with Gasteiger partial charge >= 0.3 is 0 Å². The number of hydrogen-bond donors (Lipinski definition) is 3. The van der Waals surface area contributed by atoms with E-state index in [4.69, 9.17) is 0 Å². The number of anilines is 1. The van der Waals surface area contributed by atoms with E-state index >= 15 is 0 Å². The van der Waals surface area contributed by atoms with E-state index in [-0.39, 0.29) is 11.8 Å². The molecule has 1 aliphatic heterocycles. The van der Waals surface area contributed by atoms with Gasteiger partial charge in [-0.1, -0.05) is 26.0 Å². The zero-order valence-corrected chi connectivity index (χ0v) is 16.3. The van der Waals surface area contributed by atoms with Crippen LogP contribution in [0.5, 0.6) is 0 Å². The van der Waals surface area contributed by atoms with Crippen LogP contribution in [0.2, 0.25) is 0 Å². The van der Waals surface area contributed by atoms with Crippen LogP contribution in [0.15, 0.2) is 29.3 Å². The highest BCUT2D eigenvalue weighted by Crippen LogP contribution is 2.25. The molecular formula is C19H30N4OS. The van der Waals surface area contributed by atoms with Crippen molar-refractivity contribution in [3.05, 3.63) is 29.8 Å². The van der Waals surface area contributed by atoms with Crippen molar-refractivity contribution >= 4 is 29.3 Å². The van der Waals surface area contributed by atoms with Crippen LogP contribution in [0, 0.1) is 5.92 Å². The maximum absolute atomic E-state index is 12.0. The lowest BCUT2D eigenvalue weighted by atomic mass is 10.1. The summed E-state index contributed by atoms with van der Waals surface area (Å²) >= 11 is 2.04. The van der Waals surface area contributed by atoms with Gasteiger partial charge < -0.3 is 16.0 Å². The van der Waals surface area contributed by atoms with Crippen molar-refractivity contribution in [2.45, 2.75) is 44.9 Å². The molecule has 1 aromatic carbocycles. The summed E-state index contributed by atoms with van der Waals surface area (Å²) in [6.07, 6.45) is 3.44. The van der Waals surface area contributed by atoms with Crippen LogP contribution in [-0.2, 0) is 11.3 Å². The highest BCUT2D eigenvalue weighted by molar-refractivity contribution is 8.00. The van der Waals surface area contributed by atoms with Gasteiger partial charge in [0.15, 0.2) is 5.96 Å². The SMILES string of the molecule is CCC(C)C(=O)Nc1cccc(CNC(=NC)NCC2CCCS2)c1. The van der Waals surface area contributed by atoms with Gasteiger partial charge in [-0.15, -0.1) is 0 Å². The molecule has 1 fully saturated rings. The van der Waals surface area contributed by atoms with Crippen molar-refractivity contribution in [2.24, 2.45) is 10.9 Å². The van der Waals surface area contributed by atoms with Gasteiger partial charge in [-0.05, 0) is 42.7 Å². The van der Waals surface area contributed by atoms with E-state index in [0.29, 0.717) is 11.8 Å². The Bertz CT molecular complexity index is 585. The molecule has 0 aliphatic carbocycles. The van der Waals surface area contributed by atoms with Gasteiger partial charge in [0.25, 0.3) is 0 Å². The predicted molar refractivity (Wildman–Crippen MR) is 108 cm³/mol. The summed E-state index contributed by atoms with van der Waals surface area (Å²) in [4.78, 5) is 16.3. The first-order chi connectivity index (χ1) is 12.1. The molecule has 0 spiro atoms. The zero-order valence-electron chi connectivity index (χ0n) is 15.5. The number of nitrogens with zero attached hydrogens (tertiary/aromatic N) is 1. The van der Waals surface area contributed by atoms with Gasteiger partial charge in [-0.25, -0.2) is 0 Å². The largest absolute Gasteiger partial charge is 0.355 e. The fourth-order valence-electron chi connectivity index (χ4n) is 2.63. The third-order valence-corrected chi connectivity index (χ3v) is 5.86. The van der Waals surface area contributed by atoms with Crippen molar-refractivity contribution in [1.29, 1.82) is 0 Å². The van der Waals surface area contributed by atoms with Crippen LogP contribution >= 0.6 is 11.8 Å². The van der Waals surface area contributed by atoms with E-state index in [1.165, 1.54) is 18.6 Å². The van der Waals surface area contributed by atoms with E-state index < -0.39 is 0 Å². The molecule has 2 unspecified atom stereocenters. The molecule has 0 saturated carbocycles. The van der Waals surface area contributed by atoms with Gasteiger partial charge in [-0.3, -0.25) is 9.79 Å². The second kappa shape index (κ2) is 10.3.